The van der Waals surface area contributed by atoms with Gasteiger partial charge in [0.05, 0.1) is 5.52 Å². The normalized spacial score (nSPS) is 21.0. The summed E-state index contributed by atoms with van der Waals surface area (Å²) in [5.74, 6) is 0.738. The predicted octanol–water partition coefficient (Wildman–Crippen LogP) is 4.50. The summed E-state index contributed by atoms with van der Waals surface area (Å²) in [5, 5.41) is 7.91. The van der Waals surface area contributed by atoms with Crippen LogP contribution in [0.4, 0.5) is 4.39 Å². The van der Waals surface area contributed by atoms with Gasteiger partial charge in [-0.2, -0.15) is 0 Å². The molecule has 1 heterocycles. The second-order valence-electron chi connectivity index (χ2n) is 7.53. The Bertz CT molecular complexity index is 831. The maximum Gasteiger partial charge on any atom is 0.313 e. The number of fused-ring (bicyclic) bond motifs is 1. The van der Waals surface area contributed by atoms with Crippen LogP contribution in [0, 0.1) is 23.1 Å². The third-order valence-corrected chi connectivity index (χ3v) is 5.78. The second kappa shape index (κ2) is 8.46. The molecule has 144 valence electrons. The standard InChI is InChI=1S/C21H26FN3O2/c1-13(2-9-20(26)27-21(23)24)14-3-5-15(6-4-14)17-10-11-25-19-8-7-16(22)12-18(17)19/h7-8,10-15H,2-6,9H2,1H3,(H3,23,24). The van der Waals surface area contributed by atoms with E-state index in [4.69, 9.17) is 11.1 Å². The molecule has 1 aromatic heterocycles. The van der Waals surface area contributed by atoms with Crippen molar-refractivity contribution < 1.29 is 13.9 Å². The van der Waals surface area contributed by atoms with E-state index in [0.29, 0.717) is 17.8 Å². The highest BCUT2D eigenvalue weighted by atomic mass is 19.1. The Morgan fingerprint density at radius 1 is 1.33 bits per heavy atom. The average Bonchev–Trinajstić information content (AvgIpc) is 2.65. The number of pyridine rings is 1. The third-order valence-electron chi connectivity index (χ3n) is 5.78. The summed E-state index contributed by atoms with van der Waals surface area (Å²) in [6.07, 6.45) is 7.13. The van der Waals surface area contributed by atoms with Gasteiger partial charge in [0.2, 0.25) is 0 Å². The molecule has 1 aliphatic rings. The fourth-order valence-corrected chi connectivity index (χ4v) is 4.25. The summed E-state index contributed by atoms with van der Waals surface area (Å²) in [6.45, 7) is 2.17. The number of benzene rings is 1. The smallest absolute Gasteiger partial charge is 0.313 e. The van der Waals surface area contributed by atoms with Crippen LogP contribution < -0.4 is 5.73 Å². The number of nitrogens with one attached hydrogen (secondary N) is 1. The first-order valence-electron chi connectivity index (χ1n) is 9.53. The molecule has 0 aliphatic heterocycles. The number of hydrogen-bond acceptors (Lipinski definition) is 4. The van der Waals surface area contributed by atoms with E-state index in [1.54, 1.807) is 12.1 Å². The van der Waals surface area contributed by atoms with Gasteiger partial charge in [-0.05, 0) is 79.7 Å². The highest BCUT2D eigenvalue weighted by Gasteiger charge is 2.27. The van der Waals surface area contributed by atoms with Crippen LogP contribution in [0.2, 0.25) is 0 Å². The summed E-state index contributed by atoms with van der Waals surface area (Å²) in [6, 6.07) is 6.26. The lowest BCUT2D eigenvalue weighted by atomic mass is 9.73. The summed E-state index contributed by atoms with van der Waals surface area (Å²) >= 11 is 0. The van der Waals surface area contributed by atoms with Crippen molar-refractivity contribution in [3.8, 4) is 0 Å². The van der Waals surface area contributed by atoms with Crippen molar-refractivity contribution in [2.45, 2.75) is 51.4 Å². The van der Waals surface area contributed by atoms with Crippen LogP contribution in [0.25, 0.3) is 10.9 Å². The molecule has 1 unspecified atom stereocenters. The van der Waals surface area contributed by atoms with Crippen LogP contribution in [0.5, 0.6) is 0 Å². The molecule has 6 heteroatoms. The number of halogens is 1. The first-order chi connectivity index (χ1) is 12.9. The molecule has 2 aromatic rings. The van der Waals surface area contributed by atoms with E-state index in [2.05, 4.69) is 16.6 Å². The molecule has 0 bridgehead atoms. The van der Waals surface area contributed by atoms with Crippen LogP contribution in [0.15, 0.2) is 30.5 Å². The molecule has 1 fully saturated rings. The molecular formula is C21H26FN3O2. The molecular weight excluding hydrogens is 345 g/mol. The Balaban J connectivity index is 1.58. The Hall–Kier alpha value is -2.50. The van der Waals surface area contributed by atoms with Gasteiger partial charge in [0.25, 0.3) is 6.02 Å². The molecule has 0 amide bonds. The first-order valence-corrected chi connectivity index (χ1v) is 9.53. The van der Waals surface area contributed by atoms with Crippen LogP contribution >= 0.6 is 0 Å². The highest BCUT2D eigenvalue weighted by Crippen LogP contribution is 2.41. The van der Waals surface area contributed by atoms with E-state index in [0.717, 1.165) is 43.0 Å². The molecule has 1 atom stereocenters. The average molecular weight is 371 g/mol. The lowest BCUT2D eigenvalue weighted by molar-refractivity contribution is -0.136. The van der Waals surface area contributed by atoms with Crippen molar-refractivity contribution in [3.05, 3.63) is 41.8 Å². The zero-order valence-electron chi connectivity index (χ0n) is 15.6. The van der Waals surface area contributed by atoms with Crippen molar-refractivity contribution in [2.24, 2.45) is 17.6 Å². The van der Waals surface area contributed by atoms with E-state index in [-0.39, 0.29) is 12.2 Å². The lowest BCUT2D eigenvalue weighted by Crippen LogP contribution is -2.22. The van der Waals surface area contributed by atoms with Gasteiger partial charge in [-0.15, -0.1) is 0 Å². The van der Waals surface area contributed by atoms with Crippen LogP contribution in [-0.2, 0) is 9.53 Å². The van der Waals surface area contributed by atoms with E-state index in [1.807, 2.05) is 12.3 Å². The summed E-state index contributed by atoms with van der Waals surface area (Å²) in [4.78, 5) is 15.9. The van der Waals surface area contributed by atoms with Gasteiger partial charge in [0.1, 0.15) is 5.82 Å². The maximum absolute atomic E-state index is 13.7. The first kappa shape index (κ1) is 19.3. The fourth-order valence-electron chi connectivity index (χ4n) is 4.25. The van der Waals surface area contributed by atoms with E-state index in [9.17, 15) is 9.18 Å². The predicted molar refractivity (Wildman–Crippen MR) is 103 cm³/mol. The van der Waals surface area contributed by atoms with Gasteiger partial charge < -0.3 is 10.5 Å². The number of amidine groups is 1. The van der Waals surface area contributed by atoms with Gasteiger partial charge in [-0.3, -0.25) is 15.2 Å². The number of carbonyl (C=O) groups excluding carboxylic acids is 1. The number of rotatable bonds is 5. The quantitative estimate of drug-likeness (QED) is 0.460. The Kier molecular flexibility index (Phi) is 6.04. The molecule has 1 aromatic carbocycles. The number of nitrogens with two attached hydrogens (primary N) is 1. The zero-order chi connectivity index (χ0) is 19.4. The topological polar surface area (TPSA) is 89.1 Å². The van der Waals surface area contributed by atoms with Gasteiger partial charge in [0.15, 0.2) is 0 Å². The van der Waals surface area contributed by atoms with Crippen molar-refractivity contribution in [1.29, 1.82) is 5.41 Å². The fraction of sp³-hybridized carbons (Fsp3) is 0.476. The largest absolute Gasteiger partial charge is 0.393 e. The minimum absolute atomic E-state index is 0.225. The van der Waals surface area contributed by atoms with Gasteiger partial charge >= 0.3 is 5.97 Å². The summed E-state index contributed by atoms with van der Waals surface area (Å²) in [7, 11) is 0. The van der Waals surface area contributed by atoms with Crippen molar-refractivity contribution >= 4 is 22.9 Å². The summed E-state index contributed by atoms with van der Waals surface area (Å²) < 4.78 is 18.3. The zero-order valence-corrected chi connectivity index (χ0v) is 15.6. The number of ether oxygens (including phenoxy) is 1. The summed E-state index contributed by atoms with van der Waals surface area (Å²) in [5.41, 5.74) is 7.11. The molecule has 1 saturated carbocycles. The monoisotopic (exact) mass is 371 g/mol. The van der Waals surface area contributed by atoms with Crippen molar-refractivity contribution in [1.82, 2.24) is 4.98 Å². The minimum atomic E-state index is -0.547. The van der Waals surface area contributed by atoms with E-state index in [1.165, 1.54) is 11.6 Å². The number of hydrogen-bond donors (Lipinski definition) is 2. The lowest BCUT2D eigenvalue weighted by Gasteiger charge is -2.33. The molecule has 0 radical (unpaired) electrons. The van der Waals surface area contributed by atoms with Crippen LogP contribution in [0.1, 0.15) is 56.9 Å². The molecule has 0 saturated heterocycles. The third kappa shape index (κ3) is 4.81. The number of aromatic nitrogens is 1. The Labute approximate surface area is 158 Å². The molecule has 0 spiro atoms. The Morgan fingerprint density at radius 3 is 2.78 bits per heavy atom. The number of nitrogens with zero attached hydrogens (tertiary/aromatic N) is 1. The van der Waals surface area contributed by atoms with Crippen molar-refractivity contribution in [3.63, 3.8) is 0 Å². The molecule has 3 rings (SSSR count). The van der Waals surface area contributed by atoms with Crippen LogP contribution in [0.3, 0.4) is 0 Å². The molecule has 5 nitrogen and oxygen atoms in total. The Morgan fingerprint density at radius 2 is 2.07 bits per heavy atom. The van der Waals surface area contributed by atoms with Gasteiger partial charge in [-0.25, -0.2) is 4.39 Å². The molecule has 1 aliphatic carbocycles. The van der Waals surface area contributed by atoms with Gasteiger partial charge in [-0.1, -0.05) is 6.92 Å². The maximum atomic E-state index is 13.7. The van der Waals surface area contributed by atoms with E-state index >= 15 is 0 Å². The van der Waals surface area contributed by atoms with Crippen LogP contribution in [-0.4, -0.2) is 17.0 Å². The second-order valence-corrected chi connectivity index (χ2v) is 7.53. The number of carbonyl (C=O) groups is 1. The minimum Gasteiger partial charge on any atom is -0.393 e. The SMILES string of the molecule is CC(CCC(=O)OC(=N)N)C1CCC(c2ccnc3ccc(F)cc23)CC1. The van der Waals surface area contributed by atoms with E-state index < -0.39 is 12.0 Å². The molecule has 27 heavy (non-hydrogen) atoms. The molecule has 3 N–H and O–H groups in total. The van der Waals surface area contributed by atoms with Gasteiger partial charge in [0, 0.05) is 18.0 Å². The van der Waals surface area contributed by atoms with Crippen molar-refractivity contribution in [2.75, 3.05) is 0 Å². The highest BCUT2D eigenvalue weighted by molar-refractivity contribution is 5.84. The number of esters is 1.